The summed E-state index contributed by atoms with van der Waals surface area (Å²) in [5, 5.41) is 11.0. The molecule has 24 heavy (non-hydrogen) atoms. The van der Waals surface area contributed by atoms with Crippen LogP contribution in [0.15, 0.2) is 23.1 Å². The molecule has 2 rings (SSSR count). The van der Waals surface area contributed by atoms with Gasteiger partial charge >= 0.3 is 5.97 Å². The molecule has 0 saturated heterocycles. The predicted octanol–water partition coefficient (Wildman–Crippen LogP) is 1.42. The van der Waals surface area contributed by atoms with Crippen molar-refractivity contribution in [1.29, 1.82) is 0 Å². The maximum atomic E-state index is 12.6. The van der Waals surface area contributed by atoms with Gasteiger partial charge in [0.15, 0.2) is 0 Å². The van der Waals surface area contributed by atoms with Crippen molar-refractivity contribution in [3.8, 4) is 0 Å². The number of amides is 1. The predicted molar refractivity (Wildman–Crippen MR) is 88.3 cm³/mol. The molecule has 0 aromatic heterocycles. The molecule has 0 heterocycles. The highest BCUT2D eigenvalue weighted by atomic mass is 32.2. The number of hydrogen-bond acceptors (Lipinski definition) is 4. The number of carbonyl (C=O) groups is 2. The Hall–Kier alpha value is -1.93. The second-order valence-corrected chi connectivity index (χ2v) is 7.66. The van der Waals surface area contributed by atoms with E-state index in [0.717, 1.165) is 25.7 Å². The van der Waals surface area contributed by atoms with E-state index in [4.69, 9.17) is 5.11 Å². The number of sulfonamides is 1. The molecule has 0 unspecified atom stereocenters. The van der Waals surface area contributed by atoms with Crippen molar-refractivity contribution in [3.05, 3.63) is 29.3 Å². The lowest BCUT2D eigenvalue weighted by Crippen LogP contribution is -2.33. The van der Waals surface area contributed by atoms with Gasteiger partial charge in [-0.2, -0.15) is 0 Å². The fraction of sp³-hybridized carbons (Fsp3) is 0.500. The molecule has 8 heteroatoms. The Balaban J connectivity index is 2.15. The standard InChI is InChI=1S/C16H22N2O5S/c1-11-6-7-12(16(21)17-9-8-15(19)20)10-14(11)24(22,23)18-13-4-2-3-5-13/h6-7,10,13,18H,2-5,8-9H2,1H3,(H,17,21)(H,19,20). The Morgan fingerprint density at radius 2 is 1.92 bits per heavy atom. The summed E-state index contributed by atoms with van der Waals surface area (Å²) < 4.78 is 27.8. The number of rotatable bonds is 7. The van der Waals surface area contributed by atoms with Gasteiger partial charge in [0, 0.05) is 18.2 Å². The van der Waals surface area contributed by atoms with Crippen LogP contribution in [-0.4, -0.2) is 38.0 Å². The maximum Gasteiger partial charge on any atom is 0.305 e. The Bertz CT molecular complexity index is 724. The van der Waals surface area contributed by atoms with Crippen LogP contribution in [0.4, 0.5) is 0 Å². The Morgan fingerprint density at radius 1 is 1.25 bits per heavy atom. The van der Waals surface area contributed by atoms with Gasteiger partial charge in [0.1, 0.15) is 0 Å². The lowest BCUT2D eigenvalue weighted by Gasteiger charge is -2.15. The molecule has 0 bridgehead atoms. The first-order valence-corrected chi connectivity index (χ1v) is 9.41. The van der Waals surface area contributed by atoms with Crippen LogP contribution in [0.2, 0.25) is 0 Å². The van der Waals surface area contributed by atoms with Crippen LogP contribution in [0.25, 0.3) is 0 Å². The van der Waals surface area contributed by atoms with Crippen molar-refractivity contribution in [2.24, 2.45) is 0 Å². The summed E-state index contributed by atoms with van der Waals surface area (Å²) >= 11 is 0. The molecular formula is C16H22N2O5S. The van der Waals surface area contributed by atoms with E-state index >= 15 is 0 Å². The zero-order chi connectivity index (χ0) is 17.7. The first kappa shape index (κ1) is 18.4. The van der Waals surface area contributed by atoms with Gasteiger partial charge in [0.05, 0.1) is 11.3 Å². The monoisotopic (exact) mass is 354 g/mol. The molecule has 1 fully saturated rings. The van der Waals surface area contributed by atoms with Gasteiger partial charge in [-0.25, -0.2) is 13.1 Å². The van der Waals surface area contributed by atoms with Gasteiger partial charge in [0.2, 0.25) is 10.0 Å². The maximum absolute atomic E-state index is 12.6. The Kier molecular flexibility index (Phi) is 5.95. The molecule has 0 spiro atoms. The molecule has 0 atom stereocenters. The third kappa shape index (κ3) is 4.78. The van der Waals surface area contributed by atoms with Gasteiger partial charge in [0.25, 0.3) is 5.91 Å². The largest absolute Gasteiger partial charge is 0.481 e. The van der Waals surface area contributed by atoms with E-state index in [0.29, 0.717) is 5.56 Å². The zero-order valence-electron chi connectivity index (χ0n) is 13.5. The average molecular weight is 354 g/mol. The van der Waals surface area contributed by atoms with Gasteiger partial charge < -0.3 is 10.4 Å². The molecular weight excluding hydrogens is 332 g/mol. The highest BCUT2D eigenvalue weighted by Gasteiger charge is 2.25. The molecule has 1 amide bonds. The summed E-state index contributed by atoms with van der Waals surface area (Å²) in [6, 6.07) is 4.39. The summed E-state index contributed by atoms with van der Waals surface area (Å²) in [5.41, 5.74) is 0.750. The number of carboxylic acid groups (broad SMARTS) is 1. The normalized spacial score (nSPS) is 15.4. The molecule has 1 aliphatic carbocycles. The van der Waals surface area contributed by atoms with Crippen molar-refractivity contribution in [2.45, 2.75) is 50.0 Å². The minimum atomic E-state index is -3.69. The third-order valence-corrected chi connectivity index (χ3v) is 5.70. The van der Waals surface area contributed by atoms with E-state index < -0.39 is 21.9 Å². The molecule has 132 valence electrons. The van der Waals surface area contributed by atoms with E-state index in [-0.39, 0.29) is 29.5 Å². The number of hydrogen-bond donors (Lipinski definition) is 3. The van der Waals surface area contributed by atoms with E-state index in [2.05, 4.69) is 10.0 Å². The summed E-state index contributed by atoms with van der Waals surface area (Å²) in [6.45, 7) is 1.67. The summed E-state index contributed by atoms with van der Waals surface area (Å²) in [4.78, 5) is 22.6. The second-order valence-electron chi connectivity index (χ2n) is 5.98. The van der Waals surface area contributed by atoms with Crippen LogP contribution in [-0.2, 0) is 14.8 Å². The molecule has 0 aliphatic heterocycles. The lowest BCUT2D eigenvalue weighted by atomic mass is 10.1. The minimum absolute atomic E-state index is 0.00947. The van der Waals surface area contributed by atoms with Crippen LogP contribution >= 0.6 is 0 Å². The average Bonchev–Trinajstić information content (AvgIpc) is 2.99. The number of aryl methyl sites for hydroxylation is 1. The Morgan fingerprint density at radius 3 is 2.54 bits per heavy atom. The van der Waals surface area contributed by atoms with Crippen LogP contribution in [0, 0.1) is 6.92 Å². The van der Waals surface area contributed by atoms with E-state index in [9.17, 15) is 18.0 Å². The van der Waals surface area contributed by atoms with Crippen LogP contribution in [0.1, 0.15) is 48.0 Å². The molecule has 1 saturated carbocycles. The summed E-state index contributed by atoms with van der Waals surface area (Å²) in [6.07, 6.45) is 3.49. The third-order valence-electron chi connectivity index (χ3n) is 4.04. The highest BCUT2D eigenvalue weighted by Crippen LogP contribution is 2.22. The van der Waals surface area contributed by atoms with E-state index in [1.54, 1.807) is 13.0 Å². The smallest absolute Gasteiger partial charge is 0.305 e. The number of aliphatic carboxylic acids is 1. The first-order valence-electron chi connectivity index (χ1n) is 7.92. The molecule has 0 radical (unpaired) electrons. The second kappa shape index (κ2) is 7.76. The van der Waals surface area contributed by atoms with Crippen LogP contribution in [0.5, 0.6) is 0 Å². The topological polar surface area (TPSA) is 113 Å². The number of carboxylic acids is 1. The van der Waals surface area contributed by atoms with Crippen LogP contribution in [0.3, 0.4) is 0 Å². The quantitative estimate of drug-likeness (QED) is 0.685. The molecule has 1 aromatic carbocycles. The molecule has 7 nitrogen and oxygen atoms in total. The molecule has 1 aliphatic rings. The van der Waals surface area contributed by atoms with Gasteiger partial charge in [-0.3, -0.25) is 9.59 Å². The molecule has 1 aromatic rings. The fourth-order valence-corrected chi connectivity index (χ4v) is 4.32. The SMILES string of the molecule is Cc1ccc(C(=O)NCCC(=O)O)cc1S(=O)(=O)NC1CCCC1. The van der Waals surface area contributed by atoms with E-state index in [1.807, 2.05) is 0 Å². The van der Waals surface area contributed by atoms with Crippen molar-refractivity contribution in [3.63, 3.8) is 0 Å². The highest BCUT2D eigenvalue weighted by molar-refractivity contribution is 7.89. The summed E-state index contributed by atoms with van der Waals surface area (Å²) in [7, 11) is -3.69. The van der Waals surface area contributed by atoms with Crippen molar-refractivity contribution in [1.82, 2.24) is 10.0 Å². The number of benzene rings is 1. The van der Waals surface area contributed by atoms with E-state index in [1.165, 1.54) is 12.1 Å². The van der Waals surface area contributed by atoms with Crippen LogP contribution < -0.4 is 10.0 Å². The van der Waals surface area contributed by atoms with Gasteiger partial charge in [-0.05, 0) is 37.5 Å². The van der Waals surface area contributed by atoms with Crippen molar-refractivity contribution < 1.29 is 23.1 Å². The van der Waals surface area contributed by atoms with Crippen molar-refractivity contribution >= 4 is 21.9 Å². The first-order chi connectivity index (χ1) is 11.3. The number of carbonyl (C=O) groups excluding carboxylic acids is 1. The zero-order valence-corrected chi connectivity index (χ0v) is 14.4. The minimum Gasteiger partial charge on any atom is -0.481 e. The Labute approximate surface area is 141 Å². The fourth-order valence-electron chi connectivity index (χ4n) is 2.74. The number of nitrogens with one attached hydrogen (secondary N) is 2. The lowest BCUT2D eigenvalue weighted by molar-refractivity contribution is -0.136. The van der Waals surface area contributed by atoms with Gasteiger partial charge in [-0.1, -0.05) is 18.9 Å². The van der Waals surface area contributed by atoms with Crippen molar-refractivity contribution in [2.75, 3.05) is 6.54 Å². The van der Waals surface area contributed by atoms with Gasteiger partial charge in [-0.15, -0.1) is 0 Å². The summed E-state index contributed by atoms with van der Waals surface area (Å²) in [5.74, 6) is -1.50. The molecule has 3 N–H and O–H groups in total.